The first-order valence-electron chi connectivity index (χ1n) is 7.51. The third kappa shape index (κ3) is 4.36. The predicted octanol–water partition coefficient (Wildman–Crippen LogP) is 0.969. The van der Waals surface area contributed by atoms with Crippen molar-refractivity contribution in [1.82, 2.24) is 15.1 Å². The van der Waals surface area contributed by atoms with E-state index >= 15 is 0 Å². The van der Waals surface area contributed by atoms with Crippen LogP contribution < -0.4 is 5.32 Å². The Balaban J connectivity index is 1.93. The Bertz CT molecular complexity index is 620. The molecule has 0 spiro atoms. The van der Waals surface area contributed by atoms with Crippen molar-refractivity contribution in [3.05, 3.63) is 35.9 Å². The molecule has 0 unspecified atom stereocenters. The van der Waals surface area contributed by atoms with Crippen LogP contribution in [-0.4, -0.2) is 53.8 Å². The normalized spacial score (nSPS) is 15.5. The first-order valence-corrected chi connectivity index (χ1v) is 7.51. The van der Waals surface area contributed by atoms with E-state index < -0.39 is 0 Å². The maximum absolute atomic E-state index is 12.2. The molecule has 0 aliphatic carbocycles. The molecule has 7 heteroatoms. The fraction of sp³-hybridized carbons (Fsp3) is 0.438. The van der Waals surface area contributed by atoms with Crippen molar-refractivity contribution < 1.29 is 14.0 Å². The number of rotatable bonds is 4. The van der Waals surface area contributed by atoms with Gasteiger partial charge in [0.2, 0.25) is 0 Å². The van der Waals surface area contributed by atoms with Crippen LogP contribution in [0.15, 0.2) is 34.6 Å². The van der Waals surface area contributed by atoms with Crippen LogP contribution >= 0.6 is 0 Å². The second-order valence-electron chi connectivity index (χ2n) is 5.59. The van der Waals surface area contributed by atoms with Crippen molar-refractivity contribution >= 4 is 11.8 Å². The zero-order chi connectivity index (χ0) is 16.8. The van der Waals surface area contributed by atoms with E-state index in [9.17, 15) is 9.59 Å². The van der Waals surface area contributed by atoms with Crippen molar-refractivity contribution in [2.24, 2.45) is 0 Å². The van der Waals surface area contributed by atoms with E-state index in [1.807, 2.05) is 24.8 Å². The highest BCUT2D eigenvalue weighted by Gasteiger charge is 2.23. The van der Waals surface area contributed by atoms with Gasteiger partial charge in [-0.2, -0.15) is 5.26 Å². The second-order valence-corrected chi connectivity index (χ2v) is 5.59. The van der Waals surface area contributed by atoms with Gasteiger partial charge in [0.15, 0.2) is 5.76 Å². The summed E-state index contributed by atoms with van der Waals surface area (Å²) >= 11 is 0. The summed E-state index contributed by atoms with van der Waals surface area (Å²) in [7, 11) is 0. The van der Waals surface area contributed by atoms with E-state index in [0.717, 1.165) is 0 Å². The standard InChI is InChI=1S/C16H20N4O3/c1-12(2)18-15(21)13(10-17)11-19-5-7-20(8-6-19)16(22)14-4-3-9-23-14/h3-4,9,11-12H,5-8H2,1-2H3,(H,18,21)/b13-11-. The van der Waals surface area contributed by atoms with Crippen LogP contribution in [0.2, 0.25) is 0 Å². The molecule has 1 aliphatic heterocycles. The third-order valence-corrected chi connectivity index (χ3v) is 3.43. The van der Waals surface area contributed by atoms with Gasteiger partial charge in [-0.05, 0) is 26.0 Å². The lowest BCUT2D eigenvalue weighted by atomic mass is 10.2. The van der Waals surface area contributed by atoms with Gasteiger partial charge in [-0.25, -0.2) is 0 Å². The van der Waals surface area contributed by atoms with Crippen molar-refractivity contribution in [3.8, 4) is 6.07 Å². The summed E-state index contributed by atoms with van der Waals surface area (Å²) in [5.41, 5.74) is 0.0736. The highest BCUT2D eigenvalue weighted by atomic mass is 16.3. The van der Waals surface area contributed by atoms with E-state index in [1.165, 1.54) is 6.26 Å². The number of amides is 2. The van der Waals surface area contributed by atoms with Gasteiger partial charge in [0.05, 0.1) is 6.26 Å². The van der Waals surface area contributed by atoms with Gasteiger partial charge in [0, 0.05) is 38.4 Å². The minimum absolute atomic E-state index is 0.0259. The quantitative estimate of drug-likeness (QED) is 0.660. The Morgan fingerprint density at radius 2 is 2.04 bits per heavy atom. The molecule has 1 fully saturated rings. The van der Waals surface area contributed by atoms with Crippen LogP contribution in [0.5, 0.6) is 0 Å². The molecular weight excluding hydrogens is 296 g/mol. The maximum Gasteiger partial charge on any atom is 0.289 e. The molecule has 1 aliphatic rings. The highest BCUT2D eigenvalue weighted by Crippen LogP contribution is 2.10. The number of piperazine rings is 1. The lowest BCUT2D eigenvalue weighted by Crippen LogP contribution is -2.47. The minimum atomic E-state index is -0.378. The van der Waals surface area contributed by atoms with Crippen LogP contribution in [0.3, 0.4) is 0 Å². The topological polar surface area (TPSA) is 89.6 Å². The van der Waals surface area contributed by atoms with Crippen molar-refractivity contribution in [2.75, 3.05) is 26.2 Å². The lowest BCUT2D eigenvalue weighted by molar-refractivity contribution is -0.117. The molecule has 2 rings (SSSR count). The number of carbonyl (C=O) groups is 2. The number of nitriles is 1. The van der Waals surface area contributed by atoms with Gasteiger partial charge in [-0.15, -0.1) is 0 Å². The minimum Gasteiger partial charge on any atom is -0.459 e. The summed E-state index contributed by atoms with van der Waals surface area (Å²) in [6.45, 7) is 5.83. The summed E-state index contributed by atoms with van der Waals surface area (Å²) < 4.78 is 5.11. The second kappa shape index (κ2) is 7.49. The summed E-state index contributed by atoms with van der Waals surface area (Å²) in [4.78, 5) is 27.6. The van der Waals surface area contributed by atoms with Crippen molar-refractivity contribution in [2.45, 2.75) is 19.9 Å². The van der Waals surface area contributed by atoms with Crippen molar-refractivity contribution in [1.29, 1.82) is 5.26 Å². The van der Waals surface area contributed by atoms with Gasteiger partial charge in [-0.1, -0.05) is 0 Å². The molecule has 0 atom stereocenters. The Labute approximate surface area is 135 Å². The highest BCUT2D eigenvalue weighted by molar-refractivity contribution is 5.97. The maximum atomic E-state index is 12.2. The van der Waals surface area contributed by atoms with Crippen LogP contribution in [0.4, 0.5) is 0 Å². The van der Waals surface area contributed by atoms with E-state index in [0.29, 0.717) is 31.9 Å². The molecule has 122 valence electrons. The monoisotopic (exact) mass is 316 g/mol. The molecule has 1 aromatic heterocycles. The zero-order valence-electron chi connectivity index (χ0n) is 13.3. The van der Waals surface area contributed by atoms with Gasteiger partial charge in [-0.3, -0.25) is 9.59 Å². The van der Waals surface area contributed by atoms with Crippen LogP contribution in [0.25, 0.3) is 0 Å². The molecule has 0 radical (unpaired) electrons. The average molecular weight is 316 g/mol. The molecule has 1 aromatic rings. The molecule has 2 heterocycles. The predicted molar refractivity (Wildman–Crippen MR) is 83.2 cm³/mol. The van der Waals surface area contributed by atoms with Gasteiger partial charge < -0.3 is 19.5 Å². The molecular formula is C16H20N4O3. The smallest absolute Gasteiger partial charge is 0.289 e. The first kappa shape index (κ1) is 16.6. The summed E-state index contributed by atoms with van der Waals surface area (Å²) in [6, 6.07) is 5.21. The number of carbonyl (C=O) groups excluding carboxylic acids is 2. The van der Waals surface area contributed by atoms with Gasteiger partial charge in [0.25, 0.3) is 11.8 Å². The molecule has 1 N–H and O–H groups in total. The molecule has 0 saturated carbocycles. The Hall–Kier alpha value is -2.75. The Morgan fingerprint density at radius 1 is 1.35 bits per heavy atom. The molecule has 7 nitrogen and oxygen atoms in total. The summed E-state index contributed by atoms with van der Waals surface area (Å²) in [6.07, 6.45) is 3.03. The largest absolute Gasteiger partial charge is 0.459 e. The van der Waals surface area contributed by atoms with E-state index in [-0.39, 0.29) is 23.4 Å². The fourth-order valence-electron chi connectivity index (χ4n) is 2.27. The van der Waals surface area contributed by atoms with Gasteiger partial charge >= 0.3 is 0 Å². The Morgan fingerprint density at radius 3 is 2.57 bits per heavy atom. The molecule has 0 aromatic carbocycles. The third-order valence-electron chi connectivity index (χ3n) is 3.43. The summed E-state index contributed by atoms with van der Waals surface area (Å²) in [5.74, 6) is -0.198. The lowest BCUT2D eigenvalue weighted by Gasteiger charge is -2.33. The Kier molecular flexibility index (Phi) is 5.41. The number of nitrogens with one attached hydrogen (secondary N) is 1. The number of hydrogen-bond donors (Lipinski definition) is 1. The van der Waals surface area contributed by atoms with E-state index in [2.05, 4.69) is 5.32 Å². The average Bonchev–Trinajstić information content (AvgIpc) is 3.06. The molecule has 2 amide bonds. The number of furan rings is 1. The fourth-order valence-corrected chi connectivity index (χ4v) is 2.27. The molecule has 23 heavy (non-hydrogen) atoms. The van der Waals surface area contributed by atoms with Crippen LogP contribution in [0.1, 0.15) is 24.4 Å². The van der Waals surface area contributed by atoms with Gasteiger partial charge in [0.1, 0.15) is 11.6 Å². The number of hydrogen-bond acceptors (Lipinski definition) is 5. The van der Waals surface area contributed by atoms with Crippen LogP contribution in [-0.2, 0) is 4.79 Å². The SMILES string of the molecule is CC(C)NC(=O)/C(C#N)=C\N1CCN(C(=O)c2ccco2)CC1. The summed E-state index contributed by atoms with van der Waals surface area (Å²) in [5, 5.41) is 11.8. The zero-order valence-corrected chi connectivity index (χ0v) is 13.3. The first-order chi connectivity index (χ1) is 11.0. The van der Waals surface area contributed by atoms with E-state index in [4.69, 9.17) is 9.68 Å². The van der Waals surface area contributed by atoms with Crippen molar-refractivity contribution in [3.63, 3.8) is 0 Å². The van der Waals surface area contributed by atoms with E-state index in [1.54, 1.807) is 23.2 Å². The number of nitrogens with zero attached hydrogens (tertiary/aromatic N) is 3. The van der Waals surface area contributed by atoms with Crippen LogP contribution in [0, 0.1) is 11.3 Å². The molecule has 1 saturated heterocycles. The molecule has 0 bridgehead atoms.